The average Bonchev–Trinajstić information content (AvgIpc) is 2.61. The Labute approximate surface area is 88.5 Å². The maximum Gasteiger partial charge on any atom is 0.306 e. The van der Waals surface area contributed by atoms with E-state index in [1.54, 1.807) is 19.5 Å². The third kappa shape index (κ3) is 2.21. The number of furan rings is 1. The summed E-state index contributed by atoms with van der Waals surface area (Å²) in [7, 11) is 0. The summed E-state index contributed by atoms with van der Waals surface area (Å²) >= 11 is 0. The fourth-order valence-corrected chi connectivity index (χ4v) is 1.90. The van der Waals surface area contributed by atoms with Crippen LogP contribution in [0.5, 0.6) is 0 Å². The van der Waals surface area contributed by atoms with Gasteiger partial charge in [0.05, 0.1) is 18.4 Å². The largest absolute Gasteiger partial charge is 0.481 e. The Morgan fingerprint density at radius 1 is 1.73 bits per heavy atom. The molecule has 1 aromatic rings. The molecular formula is C11H15NO3. The second-order valence-electron chi connectivity index (χ2n) is 4.21. The highest BCUT2D eigenvalue weighted by molar-refractivity contribution is 5.70. The van der Waals surface area contributed by atoms with Gasteiger partial charge in [-0.15, -0.1) is 0 Å². The molecule has 0 aliphatic carbocycles. The summed E-state index contributed by atoms with van der Waals surface area (Å²) < 4.78 is 4.98. The van der Waals surface area contributed by atoms with E-state index >= 15 is 0 Å². The van der Waals surface area contributed by atoms with Gasteiger partial charge in [0.15, 0.2) is 0 Å². The van der Waals surface area contributed by atoms with Crippen molar-refractivity contribution >= 4 is 5.97 Å². The Balaban J connectivity index is 1.76. The molecule has 4 heteroatoms. The van der Waals surface area contributed by atoms with Gasteiger partial charge in [-0.1, -0.05) is 6.92 Å². The van der Waals surface area contributed by atoms with E-state index in [-0.39, 0.29) is 5.92 Å². The zero-order chi connectivity index (χ0) is 10.8. The first-order chi connectivity index (χ1) is 7.16. The van der Waals surface area contributed by atoms with E-state index in [9.17, 15) is 4.79 Å². The number of likely N-dealkylation sites (tertiary alicyclic amines) is 1. The van der Waals surface area contributed by atoms with Crippen LogP contribution in [0.3, 0.4) is 0 Å². The highest BCUT2D eigenvalue weighted by atomic mass is 16.4. The Bertz CT molecular complexity index is 328. The van der Waals surface area contributed by atoms with Crippen molar-refractivity contribution in [2.45, 2.75) is 13.5 Å². The van der Waals surface area contributed by atoms with Gasteiger partial charge < -0.3 is 9.52 Å². The Morgan fingerprint density at radius 2 is 2.47 bits per heavy atom. The lowest BCUT2D eigenvalue weighted by atomic mass is 9.87. The quantitative estimate of drug-likeness (QED) is 0.815. The minimum atomic E-state index is -0.692. The second-order valence-corrected chi connectivity index (χ2v) is 4.21. The van der Waals surface area contributed by atoms with Crippen molar-refractivity contribution in [1.82, 2.24) is 4.90 Å². The van der Waals surface area contributed by atoms with Crippen molar-refractivity contribution in [3.63, 3.8) is 0 Å². The molecule has 1 fully saturated rings. The van der Waals surface area contributed by atoms with Crippen molar-refractivity contribution in [2.24, 2.45) is 11.8 Å². The fraction of sp³-hybridized carbons (Fsp3) is 0.545. The van der Waals surface area contributed by atoms with Crippen LogP contribution in [0.4, 0.5) is 0 Å². The zero-order valence-corrected chi connectivity index (χ0v) is 8.72. The fourth-order valence-electron chi connectivity index (χ4n) is 1.90. The normalized spacial score (nSPS) is 19.8. The summed E-state index contributed by atoms with van der Waals surface area (Å²) in [4.78, 5) is 13.0. The predicted molar refractivity (Wildman–Crippen MR) is 54.3 cm³/mol. The number of hydrogen-bond donors (Lipinski definition) is 1. The molecule has 0 saturated carbocycles. The number of carboxylic acid groups (broad SMARTS) is 1. The molecule has 1 N–H and O–H groups in total. The lowest BCUT2D eigenvalue weighted by molar-refractivity contribution is -0.145. The third-order valence-electron chi connectivity index (χ3n) is 3.07. The molecule has 1 saturated heterocycles. The smallest absolute Gasteiger partial charge is 0.306 e. The van der Waals surface area contributed by atoms with Crippen LogP contribution in [0.25, 0.3) is 0 Å². The standard InChI is InChI=1S/C11H15NO3/c1-8(11(13)14)10-5-12(6-10)4-9-2-3-15-7-9/h2-3,7-8,10H,4-6H2,1H3,(H,13,14). The summed E-state index contributed by atoms with van der Waals surface area (Å²) in [6.07, 6.45) is 3.39. The Kier molecular flexibility index (Phi) is 2.77. The molecule has 1 unspecified atom stereocenters. The molecule has 0 aromatic carbocycles. The first-order valence-corrected chi connectivity index (χ1v) is 5.13. The van der Waals surface area contributed by atoms with Crippen LogP contribution in [-0.2, 0) is 11.3 Å². The van der Waals surface area contributed by atoms with E-state index in [1.807, 2.05) is 6.07 Å². The van der Waals surface area contributed by atoms with Crippen LogP contribution in [0, 0.1) is 11.8 Å². The summed E-state index contributed by atoms with van der Waals surface area (Å²) in [5, 5.41) is 8.83. The molecule has 2 heterocycles. The van der Waals surface area contributed by atoms with Crippen molar-refractivity contribution < 1.29 is 14.3 Å². The number of carboxylic acids is 1. The molecule has 0 amide bonds. The molecule has 1 aliphatic rings. The van der Waals surface area contributed by atoms with Crippen molar-refractivity contribution in [3.8, 4) is 0 Å². The molecule has 2 rings (SSSR count). The topological polar surface area (TPSA) is 53.7 Å². The maximum atomic E-state index is 10.7. The van der Waals surface area contributed by atoms with Crippen LogP contribution in [0.15, 0.2) is 23.0 Å². The number of aliphatic carboxylic acids is 1. The molecule has 0 spiro atoms. The zero-order valence-electron chi connectivity index (χ0n) is 8.72. The number of hydrogen-bond acceptors (Lipinski definition) is 3. The van der Waals surface area contributed by atoms with Crippen molar-refractivity contribution in [3.05, 3.63) is 24.2 Å². The van der Waals surface area contributed by atoms with E-state index in [0.29, 0.717) is 5.92 Å². The van der Waals surface area contributed by atoms with Gasteiger partial charge in [0.25, 0.3) is 0 Å². The first kappa shape index (κ1) is 10.2. The van der Waals surface area contributed by atoms with Gasteiger partial charge >= 0.3 is 5.97 Å². The second kappa shape index (κ2) is 4.06. The van der Waals surface area contributed by atoms with Crippen LogP contribution in [0.2, 0.25) is 0 Å². The Morgan fingerprint density at radius 3 is 3.00 bits per heavy atom. The minimum Gasteiger partial charge on any atom is -0.481 e. The number of carbonyl (C=O) groups is 1. The van der Waals surface area contributed by atoms with Gasteiger partial charge in [0, 0.05) is 25.2 Å². The van der Waals surface area contributed by atoms with Gasteiger partial charge in [0.2, 0.25) is 0 Å². The van der Waals surface area contributed by atoms with E-state index in [2.05, 4.69) is 4.90 Å². The van der Waals surface area contributed by atoms with E-state index in [1.165, 1.54) is 0 Å². The highest BCUT2D eigenvalue weighted by Gasteiger charge is 2.34. The number of rotatable bonds is 4. The van der Waals surface area contributed by atoms with Crippen LogP contribution in [-0.4, -0.2) is 29.1 Å². The maximum absolute atomic E-state index is 10.7. The van der Waals surface area contributed by atoms with Crippen molar-refractivity contribution in [2.75, 3.05) is 13.1 Å². The van der Waals surface area contributed by atoms with Gasteiger partial charge in [-0.3, -0.25) is 9.69 Å². The molecule has 1 aromatic heterocycles. The lowest BCUT2D eigenvalue weighted by Gasteiger charge is -2.41. The molecule has 1 aliphatic heterocycles. The highest BCUT2D eigenvalue weighted by Crippen LogP contribution is 2.25. The van der Waals surface area contributed by atoms with E-state index in [0.717, 1.165) is 25.2 Å². The SMILES string of the molecule is CC(C(=O)O)C1CN(Cc2ccoc2)C1. The number of nitrogens with zero attached hydrogens (tertiary/aromatic N) is 1. The summed E-state index contributed by atoms with van der Waals surface area (Å²) in [5.41, 5.74) is 1.15. The monoisotopic (exact) mass is 209 g/mol. The first-order valence-electron chi connectivity index (χ1n) is 5.13. The minimum absolute atomic E-state index is 0.231. The average molecular weight is 209 g/mol. The predicted octanol–water partition coefficient (Wildman–Crippen LogP) is 1.43. The van der Waals surface area contributed by atoms with Crippen LogP contribution in [0.1, 0.15) is 12.5 Å². The van der Waals surface area contributed by atoms with E-state index in [4.69, 9.17) is 9.52 Å². The molecule has 4 nitrogen and oxygen atoms in total. The van der Waals surface area contributed by atoms with Crippen LogP contribution >= 0.6 is 0 Å². The van der Waals surface area contributed by atoms with Crippen molar-refractivity contribution in [1.29, 1.82) is 0 Å². The molecule has 1 atom stereocenters. The molecule has 15 heavy (non-hydrogen) atoms. The molecule has 0 radical (unpaired) electrons. The molecule has 82 valence electrons. The van der Waals surface area contributed by atoms with Gasteiger partial charge in [-0.05, 0) is 12.0 Å². The van der Waals surface area contributed by atoms with E-state index < -0.39 is 5.97 Å². The third-order valence-corrected chi connectivity index (χ3v) is 3.07. The van der Waals surface area contributed by atoms with Gasteiger partial charge in [0.1, 0.15) is 0 Å². The van der Waals surface area contributed by atoms with Crippen LogP contribution < -0.4 is 0 Å². The summed E-state index contributed by atoms with van der Waals surface area (Å²) in [5.74, 6) is -0.622. The molecular weight excluding hydrogens is 194 g/mol. The molecule has 0 bridgehead atoms. The lowest BCUT2D eigenvalue weighted by Crippen LogP contribution is -2.50. The summed E-state index contributed by atoms with van der Waals surface area (Å²) in [6.45, 7) is 4.39. The Hall–Kier alpha value is -1.29. The van der Waals surface area contributed by atoms with Gasteiger partial charge in [-0.25, -0.2) is 0 Å². The van der Waals surface area contributed by atoms with Gasteiger partial charge in [-0.2, -0.15) is 0 Å². The summed E-state index contributed by atoms with van der Waals surface area (Å²) in [6, 6.07) is 1.94.